The standard InChI is InChI=1S/3C39H27NO2/c1-39(2)28-16-6-3-13-26(28)36-29(39)17-10-18-30(36)40(31-19-11-23-35-37(31)27-14-5-8-22-34(27)41-35)32-20-9-15-25-24-12-4-7-21-33(24)42-38(25)32;1-39(2)27-15-6-3-12-24(27)36-28(39)16-9-17-29(36)40(30-18-10-22-34-37(30)25-13-4-7-20-32(25)41-34)31-19-11-23-35-38(31)26-14-5-8-21-33(26)42-35;1-39(2)29-14-6-3-12-26(29)37-30(39)15-9-16-31(37)40(24-21-22-35-28(23-24)25-11-4-7-18-33(25)41-35)32-17-10-20-36-38(32)27-13-5-8-19-34(27)42-36/h3*3-23H,1-2H3. The Morgan fingerprint density at radius 3 is 0.817 bits per heavy atom. The SMILES string of the molecule is CC1(C)c2ccccc2-c2c(N(c3ccc4oc5ccccc5c4c3)c3cccc4oc5ccccc5c34)cccc21.CC1(C)c2ccccc2-c2c(N(c3cccc4c3oc3ccccc34)c3cccc4oc5ccccc5c34)cccc21.CC1(C)c2ccccc2-c2c(N(c3cccc4oc5ccccc5c34)c3cccc4oc5ccccc5c34)cccc21. The number of para-hydroxylation sites is 7. The molecule has 27 rings (SSSR count). The third-order valence-corrected chi connectivity index (χ3v) is 27.2. The largest absolute Gasteiger partial charge is 0.456 e. The number of hydrogen-bond donors (Lipinski definition) is 0. The van der Waals surface area contributed by atoms with E-state index >= 15 is 0 Å². The van der Waals surface area contributed by atoms with Gasteiger partial charge in [0, 0.05) is 81.7 Å². The molecule has 126 heavy (non-hydrogen) atoms. The summed E-state index contributed by atoms with van der Waals surface area (Å²) >= 11 is 0. The van der Waals surface area contributed by atoms with Crippen molar-refractivity contribution in [3.8, 4) is 33.4 Å². The van der Waals surface area contributed by atoms with E-state index in [1.165, 1.54) is 66.8 Å². The fourth-order valence-electron chi connectivity index (χ4n) is 21.5. The molecule has 0 unspecified atom stereocenters. The van der Waals surface area contributed by atoms with E-state index in [0.29, 0.717) is 0 Å². The highest BCUT2D eigenvalue weighted by atomic mass is 16.3. The first kappa shape index (κ1) is 72.9. The Morgan fingerprint density at radius 1 is 0.175 bits per heavy atom. The molecule has 600 valence electrons. The quantitative estimate of drug-likeness (QED) is 0.140. The molecule has 0 saturated carbocycles. The minimum absolute atomic E-state index is 0.104. The minimum Gasteiger partial charge on any atom is -0.456 e. The highest BCUT2D eigenvalue weighted by Gasteiger charge is 2.42. The summed E-state index contributed by atoms with van der Waals surface area (Å²) in [6, 6.07) is 135. The number of nitrogens with zero attached hydrogens (tertiary/aromatic N) is 3. The van der Waals surface area contributed by atoms with Crippen LogP contribution in [0.15, 0.2) is 409 Å². The summed E-state index contributed by atoms with van der Waals surface area (Å²) in [6.45, 7) is 14.0. The van der Waals surface area contributed by atoms with Crippen molar-refractivity contribution < 1.29 is 26.5 Å². The van der Waals surface area contributed by atoms with Crippen LogP contribution in [-0.4, -0.2) is 0 Å². The van der Waals surface area contributed by atoms with Crippen LogP contribution in [0.4, 0.5) is 51.2 Å². The Hall–Kier alpha value is -15.8. The molecule has 0 saturated heterocycles. The monoisotopic (exact) mass is 1620 g/mol. The van der Waals surface area contributed by atoms with E-state index in [4.69, 9.17) is 26.5 Å². The maximum atomic E-state index is 6.65. The molecule has 0 atom stereocenters. The molecule has 9 nitrogen and oxygen atoms in total. The van der Waals surface area contributed by atoms with E-state index in [0.717, 1.165) is 183 Å². The van der Waals surface area contributed by atoms with Gasteiger partial charge in [-0.1, -0.05) is 296 Å². The number of anilines is 9. The molecule has 9 heteroatoms. The highest BCUT2D eigenvalue weighted by molar-refractivity contribution is 6.22. The molecular formula is C117H81N3O6. The third-order valence-electron chi connectivity index (χ3n) is 27.2. The van der Waals surface area contributed by atoms with Gasteiger partial charge in [-0.05, 0) is 177 Å². The van der Waals surface area contributed by atoms with Gasteiger partial charge < -0.3 is 41.2 Å². The molecule has 0 amide bonds. The lowest BCUT2D eigenvalue weighted by atomic mass is 9.82. The van der Waals surface area contributed by atoms with Gasteiger partial charge in [-0.2, -0.15) is 0 Å². The van der Waals surface area contributed by atoms with E-state index in [9.17, 15) is 0 Å². The molecule has 0 N–H and O–H groups in total. The van der Waals surface area contributed by atoms with Crippen molar-refractivity contribution >= 4 is 183 Å². The second-order valence-electron chi connectivity index (χ2n) is 35.1. The lowest BCUT2D eigenvalue weighted by Crippen LogP contribution is -2.16. The summed E-state index contributed by atoms with van der Waals surface area (Å²) in [5.74, 6) is 0. The van der Waals surface area contributed by atoms with E-state index in [1.807, 2.05) is 72.8 Å². The molecular weight excluding hydrogens is 1540 g/mol. The molecule has 24 aromatic rings. The fourth-order valence-corrected chi connectivity index (χ4v) is 21.5. The second-order valence-corrected chi connectivity index (χ2v) is 35.1. The van der Waals surface area contributed by atoms with Crippen molar-refractivity contribution in [3.63, 3.8) is 0 Å². The topological polar surface area (TPSA) is 88.6 Å². The van der Waals surface area contributed by atoms with Crippen LogP contribution in [0.1, 0.15) is 74.9 Å². The van der Waals surface area contributed by atoms with Gasteiger partial charge in [-0.25, -0.2) is 0 Å². The van der Waals surface area contributed by atoms with E-state index in [1.54, 1.807) is 0 Å². The summed E-state index contributed by atoms with van der Waals surface area (Å²) in [5.41, 5.74) is 35.7. The van der Waals surface area contributed by atoms with Crippen LogP contribution < -0.4 is 14.7 Å². The van der Waals surface area contributed by atoms with Crippen LogP contribution in [0.2, 0.25) is 0 Å². The van der Waals surface area contributed by atoms with Crippen LogP contribution in [0, 0.1) is 0 Å². The zero-order valence-electron chi connectivity index (χ0n) is 70.2. The van der Waals surface area contributed by atoms with Gasteiger partial charge in [-0.15, -0.1) is 0 Å². The van der Waals surface area contributed by atoms with Crippen LogP contribution in [0.25, 0.3) is 165 Å². The van der Waals surface area contributed by atoms with Gasteiger partial charge in [0.15, 0.2) is 5.58 Å². The lowest BCUT2D eigenvalue weighted by molar-refractivity contribution is 0.660. The van der Waals surface area contributed by atoms with Gasteiger partial charge in [-0.3, -0.25) is 0 Å². The van der Waals surface area contributed by atoms with Crippen molar-refractivity contribution in [2.75, 3.05) is 14.7 Å². The molecule has 0 aliphatic heterocycles. The van der Waals surface area contributed by atoms with Gasteiger partial charge in [0.25, 0.3) is 0 Å². The van der Waals surface area contributed by atoms with Crippen molar-refractivity contribution in [3.05, 3.63) is 416 Å². The second kappa shape index (κ2) is 27.6. The number of benzene rings is 18. The Kier molecular flexibility index (Phi) is 16.0. The maximum absolute atomic E-state index is 6.65. The first-order valence-electron chi connectivity index (χ1n) is 43.3. The first-order valence-corrected chi connectivity index (χ1v) is 43.3. The molecule has 0 fully saturated rings. The molecule has 6 heterocycles. The van der Waals surface area contributed by atoms with E-state index in [2.05, 4.69) is 366 Å². The van der Waals surface area contributed by atoms with Crippen LogP contribution >= 0.6 is 0 Å². The highest BCUT2D eigenvalue weighted by Crippen LogP contribution is 2.61. The lowest BCUT2D eigenvalue weighted by Gasteiger charge is -2.30. The van der Waals surface area contributed by atoms with Crippen molar-refractivity contribution in [2.45, 2.75) is 57.8 Å². The average Bonchev–Trinajstić information content (AvgIpc) is 1.55. The number of fused-ring (bicyclic) bond motifs is 27. The number of furan rings is 6. The summed E-state index contributed by atoms with van der Waals surface area (Å²) in [4.78, 5) is 7.25. The van der Waals surface area contributed by atoms with Crippen LogP contribution in [0.3, 0.4) is 0 Å². The summed E-state index contributed by atoms with van der Waals surface area (Å²) in [6.07, 6.45) is 0. The Labute approximate surface area is 726 Å². The number of hydrogen-bond acceptors (Lipinski definition) is 9. The summed E-state index contributed by atoms with van der Waals surface area (Å²) in [7, 11) is 0. The smallest absolute Gasteiger partial charge is 0.159 e. The van der Waals surface area contributed by atoms with Crippen LogP contribution in [0.5, 0.6) is 0 Å². The molecule has 3 aliphatic rings. The van der Waals surface area contributed by atoms with Crippen LogP contribution in [-0.2, 0) is 16.2 Å². The minimum atomic E-state index is -0.118. The van der Waals surface area contributed by atoms with Crippen molar-refractivity contribution in [1.82, 2.24) is 0 Å². The maximum Gasteiger partial charge on any atom is 0.159 e. The Balaban J connectivity index is 0.000000103. The first-order chi connectivity index (χ1) is 61.8. The molecule has 6 aromatic heterocycles. The van der Waals surface area contributed by atoms with Gasteiger partial charge in [0.05, 0.1) is 67.0 Å². The third kappa shape index (κ3) is 10.7. The predicted molar refractivity (Wildman–Crippen MR) is 520 cm³/mol. The summed E-state index contributed by atoms with van der Waals surface area (Å²) < 4.78 is 38.4. The molecule has 18 aromatic carbocycles. The predicted octanol–water partition coefficient (Wildman–Crippen LogP) is 33.8. The van der Waals surface area contributed by atoms with E-state index < -0.39 is 0 Å². The van der Waals surface area contributed by atoms with Gasteiger partial charge >= 0.3 is 0 Å². The Bertz CT molecular complexity index is 8510. The zero-order valence-corrected chi connectivity index (χ0v) is 70.2. The fraction of sp³-hybridized carbons (Fsp3) is 0.0769. The number of rotatable bonds is 9. The normalized spacial score (nSPS) is 13.7. The van der Waals surface area contributed by atoms with E-state index in [-0.39, 0.29) is 16.2 Å². The molecule has 0 spiro atoms. The van der Waals surface area contributed by atoms with Crippen molar-refractivity contribution in [2.24, 2.45) is 0 Å². The Morgan fingerprint density at radius 2 is 0.421 bits per heavy atom. The van der Waals surface area contributed by atoms with Gasteiger partial charge in [0.2, 0.25) is 0 Å². The molecule has 0 radical (unpaired) electrons. The zero-order chi connectivity index (χ0) is 84.0. The molecule has 0 bridgehead atoms. The average molecular weight is 1620 g/mol. The van der Waals surface area contributed by atoms with Crippen molar-refractivity contribution in [1.29, 1.82) is 0 Å². The summed E-state index contributed by atoms with van der Waals surface area (Å²) in [5, 5.41) is 13.2. The molecule has 3 aliphatic carbocycles. The van der Waals surface area contributed by atoms with Gasteiger partial charge in [0.1, 0.15) is 61.4 Å².